The second kappa shape index (κ2) is 11.8. The summed E-state index contributed by atoms with van der Waals surface area (Å²) in [6, 6.07) is 9.81. The largest absolute Gasteiger partial charge is 0.444 e. The van der Waals surface area contributed by atoms with Gasteiger partial charge in [0, 0.05) is 36.3 Å². The molecule has 5 rings (SSSR count). The van der Waals surface area contributed by atoms with E-state index >= 15 is 0 Å². The van der Waals surface area contributed by atoms with Gasteiger partial charge in [0.15, 0.2) is 5.82 Å². The Labute approximate surface area is 255 Å². The van der Waals surface area contributed by atoms with Crippen molar-refractivity contribution in [2.45, 2.75) is 79.1 Å². The van der Waals surface area contributed by atoms with Crippen molar-refractivity contribution in [1.82, 2.24) is 34.9 Å². The number of thiazole rings is 1. The number of carbonyl (C=O) groups excluding carboxylic acids is 2. The van der Waals surface area contributed by atoms with E-state index in [4.69, 9.17) is 9.72 Å². The Kier molecular flexibility index (Phi) is 8.24. The molecule has 3 aromatic heterocycles. The Balaban J connectivity index is 1.22. The van der Waals surface area contributed by atoms with Gasteiger partial charge in [0.05, 0.1) is 35.7 Å². The molecule has 0 atom stereocenters. The molecular weight excluding hydrogens is 564 g/mol. The number of rotatable bonds is 6. The van der Waals surface area contributed by atoms with E-state index in [0.717, 1.165) is 33.1 Å². The molecule has 4 aromatic rings. The number of aromatic nitrogens is 5. The van der Waals surface area contributed by atoms with Crippen LogP contribution in [0.15, 0.2) is 42.7 Å². The molecule has 0 bridgehead atoms. The second-order valence-corrected chi connectivity index (χ2v) is 13.7. The molecule has 0 aliphatic carbocycles. The number of hydrogen-bond donors (Lipinski definition) is 2. The number of benzene rings is 1. The molecule has 226 valence electrons. The van der Waals surface area contributed by atoms with Crippen LogP contribution in [0.4, 0.5) is 16.6 Å². The van der Waals surface area contributed by atoms with E-state index < -0.39 is 5.60 Å². The minimum absolute atomic E-state index is 0.0880. The third-order valence-electron chi connectivity index (χ3n) is 6.79. The summed E-state index contributed by atoms with van der Waals surface area (Å²) in [6.45, 7) is 15.8. The zero-order valence-corrected chi connectivity index (χ0v) is 26.5. The third-order valence-corrected chi connectivity index (χ3v) is 8.22. The highest BCUT2D eigenvalue weighted by molar-refractivity contribution is 7.13. The lowest BCUT2D eigenvalue weighted by Crippen LogP contribution is -2.41. The van der Waals surface area contributed by atoms with E-state index in [0.29, 0.717) is 42.8 Å². The first-order valence-electron chi connectivity index (χ1n) is 14.2. The number of ether oxygens (including phenoxy) is 1. The number of hydrogen-bond acceptors (Lipinski definition) is 9. The normalized spacial score (nSPS) is 13.4. The summed E-state index contributed by atoms with van der Waals surface area (Å²) in [7, 11) is 0. The van der Waals surface area contributed by atoms with Crippen molar-refractivity contribution in [2.75, 3.05) is 11.9 Å². The van der Waals surface area contributed by atoms with Gasteiger partial charge in [-0.25, -0.2) is 19.7 Å². The maximum Gasteiger partial charge on any atom is 0.410 e. The van der Waals surface area contributed by atoms with Gasteiger partial charge in [0.1, 0.15) is 10.5 Å². The Morgan fingerprint density at radius 3 is 2.53 bits per heavy atom. The molecular formula is C31H38N8O3S. The minimum atomic E-state index is -0.544. The highest BCUT2D eigenvalue weighted by Gasteiger charge is 2.27. The lowest BCUT2D eigenvalue weighted by molar-refractivity contribution is 0.0194. The molecule has 2 amide bonds. The zero-order valence-electron chi connectivity index (χ0n) is 25.7. The lowest BCUT2D eigenvalue weighted by Gasteiger charge is -2.30. The molecule has 0 unspecified atom stereocenters. The van der Waals surface area contributed by atoms with Crippen LogP contribution in [0.5, 0.6) is 0 Å². The first-order chi connectivity index (χ1) is 20.2. The topological polar surface area (TPSA) is 127 Å². The summed E-state index contributed by atoms with van der Waals surface area (Å²) in [5.41, 5.74) is 4.03. The molecule has 0 fully saturated rings. The van der Waals surface area contributed by atoms with Gasteiger partial charge in [-0.15, -0.1) is 11.3 Å². The fraction of sp³-hybridized carbons (Fsp3) is 0.419. The lowest BCUT2D eigenvalue weighted by atomic mass is 9.98. The van der Waals surface area contributed by atoms with E-state index in [1.54, 1.807) is 17.3 Å². The van der Waals surface area contributed by atoms with Crippen molar-refractivity contribution in [2.24, 2.45) is 0 Å². The summed E-state index contributed by atoms with van der Waals surface area (Å²) in [5.74, 6) is 0.905. The summed E-state index contributed by atoms with van der Waals surface area (Å²) >= 11 is 1.43. The quantitative estimate of drug-likeness (QED) is 0.282. The van der Waals surface area contributed by atoms with E-state index in [1.165, 1.54) is 11.3 Å². The number of nitrogens with zero attached hydrogens (tertiary/aromatic N) is 6. The Bertz CT molecular complexity index is 1650. The van der Waals surface area contributed by atoms with Crippen LogP contribution >= 0.6 is 11.3 Å². The van der Waals surface area contributed by atoms with Crippen LogP contribution in [0.3, 0.4) is 0 Å². The highest BCUT2D eigenvalue weighted by Crippen LogP contribution is 2.27. The molecule has 43 heavy (non-hydrogen) atoms. The Morgan fingerprint density at radius 1 is 1.05 bits per heavy atom. The van der Waals surface area contributed by atoms with Gasteiger partial charge in [0.25, 0.3) is 5.91 Å². The maximum absolute atomic E-state index is 12.7. The molecule has 1 aromatic carbocycles. The summed E-state index contributed by atoms with van der Waals surface area (Å²) in [4.78, 5) is 41.0. The van der Waals surface area contributed by atoms with Gasteiger partial charge in [-0.2, -0.15) is 5.10 Å². The standard InChI is InChI=1S/C31H38N8O3S/c1-19-14-20(8-9-21(19)16-33-26(40)24-17-34-27(43-24)30(2,3)4)23-10-11-32-28(35-23)36-25-15-22-18-38(12-13-39(22)37-25)29(41)42-31(5,6)7/h8-11,14-15,17H,12-13,16,18H2,1-7H3,(H,33,40)(H,32,35,36,37). The number of aryl methyl sites for hydroxylation is 1. The van der Waals surface area contributed by atoms with Crippen LogP contribution in [0.2, 0.25) is 0 Å². The van der Waals surface area contributed by atoms with Gasteiger partial charge in [-0.1, -0.05) is 32.9 Å². The first-order valence-corrected chi connectivity index (χ1v) is 15.1. The van der Waals surface area contributed by atoms with Crippen molar-refractivity contribution < 1.29 is 14.3 Å². The summed E-state index contributed by atoms with van der Waals surface area (Å²) < 4.78 is 7.40. The molecule has 12 heteroatoms. The van der Waals surface area contributed by atoms with E-state index in [1.807, 2.05) is 56.6 Å². The zero-order chi connectivity index (χ0) is 30.9. The van der Waals surface area contributed by atoms with Crippen molar-refractivity contribution in [3.63, 3.8) is 0 Å². The van der Waals surface area contributed by atoms with Gasteiger partial charge in [-0.3, -0.25) is 9.48 Å². The van der Waals surface area contributed by atoms with Crippen molar-refractivity contribution in [3.05, 3.63) is 69.4 Å². The fourth-order valence-electron chi connectivity index (χ4n) is 4.55. The van der Waals surface area contributed by atoms with Gasteiger partial charge in [0.2, 0.25) is 5.95 Å². The van der Waals surface area contributed by atoms with Gasteiger partial charge in [-0.05, 0) is 51.0 Å². The molecule has 0 saturated heterocycles. The fourth-order valence-corrected chi connectivity index (χ4v) is 5.44. The van der Waals surface area contributed by atoms with E-state index in [-0.39, 0.29) is 17.4 Å². The molecule has 11 nitrogen and oxygen atoms in total. The molecule has 4 heterocycles. The third kappa shape index (κ3) is 7.37. The Morgan fingerprint density at radius 2 is 1.84 bits per heavy atom. The van der Waals surface area contributed by atoms with Crippen molar-refractivity contribution in [3.8, 4) is 11.3 Å². The second-order valence-electron chi connectivity index (χ2n) is 12.6. The number of carbonyl (C=O) groups is 2. The molecule has 0 saturated carbocycles. The first kappa shape index (κ1) is 30.1. The maximum atomic E-state index is 12.7. The molecule has 1 aliphatic heterocycles. The van der Waals surface area contributed by atoms with E-state index in [9.17, 15) is 9.59 Å². The van der Waals surface area contributed by atoms with Crippen LogP contribution in [-0.2, 0) is 29.8 Å². The van der Waals surface area contributed by atoms with Crippen LogP contribution in [0.25, 0.3) is 11.3 Å². The number of anilines is 2. The number of amides is 2. The molecule has 2 N–H and O–H groups in total. The van der Waals surface area contributed by atoms with Crippen molar-refractivity contribution >= 4 is 35.1 Å². The highest BCUT2D eigenvalue weighted by atomic mass is 32.1. The number of fused-ring (bicyclic) bond motifs is 1. The monoisotopic (exact) mass is 602 g/mol. The predicted octanol–water partition coefficient (Wildman–Crippen LogP) is 5.83. The minimum Gasteiger partial charge on any atom is -0.444 e. The molecule has 0 spiro atoms. The average Bonchev–Trinajstić information content (AvgIpc) is 3.58. The van der Waals surface area contributed by atoms with Gasteiger partial charge >= 0.3 is 6.09 Å². The average molecular weight is 603 g/mol. The van der Waals surface area contributed by atoms with Crippen LogP contribution in [-0.4, -0.2) is 53.8 Å². The van der Waals surface area contributed by atoms with Crippen molar-refractivity contribution in [1.29, 1.82) is 0 Å². The summed E-state index contributed by atoms with van der Waals surface area (Å²) in [5, 5.41) is 11.8. The smallest absolute Gasteiger partial charge is 0.410 e. The molecule has 1 aliphatic rings. The van der Waals surface area contributed by atoms with E-state index in [2.05, 4.69) is 52.5 Å². The van der Waals surface area contributed by atoms with Crippen LogP contribution in [0.1, 0.15) is 73.0 Å². The van der Waals surface area contributed by atoms with Crippen LogP contribution in [0, 0.1) is 6.92 Å². The molecule has 0 radical (unpaired) electrons. The SMILES string of the molecule is Cc1cc(-c2ccnc(Nc3cc4n(n3)CCN(C(=O)OC(C)(C)C)C4)n2)ccc1CNC(=O)c1cnc(C(C)(C)C)s1. The summed E-state index contributed by atoms with van der Waals surface area (Å²) in [6.07, 6.45) is 3.02. The number of nitrogens with one attached hydrogen (secondary N) is 2. The predicted molar refractivity (Wildman–Crippen MR) is 166 cm³/mol. The van der Waals surface area contributed by atoms with Gasteiger partial charge < -0.3 is 20.3 Å². The Hall–Kier alpha value is -4.32. The van der Waals surface area contributed by atoms with Crippen LogP contribution < -0.4 is 10.6 Å².